The molecule has 142 valence electrons. The summed E-state index contributed by atoms with van der Waals surface area (Å²) in [4.78, 5) is 25.0. The normalized spacial score (nSPS) is 15.2. The van der Waals surface area contributed by atoms with Crippen molar-refractivity contribution < 1.29 is 9.59 Å². The molecular formula is C22H22N4O2. The Morgan fingerprint density at radius 2 is 1.86 bits per heavy atom. The van der Waals surface area contributed by atoms with E-state index >= 15 is 0 Å². The maximum absolute atomic E-state index is 12.5. The highest BCUT2D eigenvalue weighted by atomic mass is 16.2. The third kappa shape index (κ3) is 3.29. The molecule has 1 unspecified atom stereocenters. The lowest BCUT2D eigenvalue weighted by atomic mass is 10.0. The van der Waals surface area contributed by atoms with Crippen LogP contribution in [0.15, 0.2) is 48.5 Å². The van der Waals surface area contributed by atoms with Gasteiger partial charge in [-0.1, -0.05) is 42.0 Å². The van der Waals surface area contributed by atoms with Crippen molar-refractivity contribution in [2.24, 2.45) is 0 Å². The van der Waals surface area contributed by atoms with Gasteiger partial charge in [-0.2, -0.15) is 5.10 Å². The van der Waals surface area contributed by atoms with Gasteiger partial charge in [-0.15, -0.1) is 0 Å². The molecule has 0 saturated heterocycles. The van der Waals surface area contributed by atoms with Crippen LogP contribution in [0, 0.1) is 20.8 Å². The van der Waals surface area contributed by atoms with Crippen molar-refractivity contribution in [3.8, 4) is 11.1 Å². The first kappa shape index (κ1) is 18.0. The Balaban J connectivity index is 1.58. The summed E-state index contributed by atoms with van der Waals surface area (Å²) in [6.45, 7) is 5.91. The number of amides is 2. The van der Waals surface area contributed by atoms with E-state index in [9.17, 15) is 9.59 Å². The van der Waals surface area contributed by atoms with Crippen LogP contribution in [0.4, 0.5) is 11.5 Å². The van der Waals surface area contributed by atoms with Gasteiger partial charge in [0, 0.05) is 11.3 Å². The zero-order valence-corrected chi connectivity index (χ0v) is 16.1. The zero-order valence-electron chi connectivity index (χ0n) is 16.1. The summed E-state index contributed by atoms with van der Waals surface area (Å²) in [5.74, 6) is 0.221. The topological polar surface area (TPSA) is 76.0 Å². The van der Waals surface area contributed by atoms with E-state index in [2.05, 4.69) is 15.7 Å². The van der Waals surface area contributed by atoms with Crippen molar-refractivity contribution in [3.05, 3.63) is 65.4 Å². The van der Waals surface area contributed by atoms with Crippen molar-refractivity contribution in [2.45, 2.75) is 33.2 Å². The fourth-order valence-electron chi connectivity index (χ4n) is 3.56. The summed E-state index contributed by atoms with van der Waals surface area (Å²) in [5.41, 5.74) is 5.66. The molecule has 28 heavy (non-hydrogen) atoms. The van der Waals surface area contributed by atoms with Crippen molar-refractivity contribution >= 4 is 23.3 Å². The van der Waals surface area contributed by atoms with Crippen LogP contribution >= 0.6 is 0 Å². The van der Waals surface area contributed by atoms with E-state index in [0.717, 1.165) is 28.1 Å². The van der Waals surface area contributed by atoms with E-state index in [-0.39, 0.29) is 18.2 Å². The average molecular weight is 374 g/mol. The number of benzene rings is 2. The van der Waals surface area contributed by atoms with E-state index in [1.54, 1.807) is 4.68 Å². The third-order valence-electron chi connectivity index (χ3n) is 4.95. The largest absolute Gasteiger partial charge is 0.326 e. The molecule has 0 fully saturated rings. The van der Waals surface area contributed by atoms with E-state index in [1.807, 2.05) is 69.3 Å². The van der Waals surface area contributed by atoms with E-state index < -0.39 is 6.04 Å². The Labute approximate surface area is 163 Å². The molecule has 1 aromatic heterocycles. The van der Waals surface area contributed by atoms with E-state index in [0.29, 0.717) is 5.82 Å². The Morgan fingerprint density at radius 3 is 2.57 bits per heavy atom. The van der Waals surface area contributed by atoms with Gasteiger partial charge in [0.25, 0.3) is 5.91 Å². The standard InChI is InChI=1S/C22H22N4O2/c1-13-7-9-16(10-8-13)20-15(3)25-26-18(22(28)24-21(20)26)12-19(27)23-17-6-4-5-14(2)11-17/h4-11,18H,12H2,1-3H3,(H,23,27)(H,24,28). The van der Waals surface area contributed by atoms with Gasteiger partial charge >= 0.3 is 0 Å². The Bertz CT molecular complexity index is 1070. The van der Waals surface area contributed by atoms with Gasteiger partial charge in [-0.3, -0.25) is 9.59 Å². The monoisotopic (exact) mass is 374 g/mol. The molecule has 0 saturated carbocycles. The number of rotatable bonds is 4. The van der Waals surface area contributed by atoms with Crippen LogP contribution in [-0.2, 0) is 9.59 Å². The number of aryl methyl sites for hydroxylation is 3. The van der Waals surface area contributed by atoms with Gasteiger partial charge in [0.1, 0.15) is 11.9 Å². The number of anilines is 2. The van der Waals surface area contributed by atoms with Gasteiger partial charge in [0.05, 0.1) is 12.1 Å². The third-order valence-corrected chi connectivity index (χ3v) is 4.95. The molecule has 6 heteroatoms. The minimum Gasteiger partial charge on any atom is -0.326 e. The fraction of sp³-hybridized carbons (Fsp3) is 0.227. The van der Waals surface area contributed by atoms with Crippen LogP contribution in [0.1, 0.15) is 29.3 Å². The van der Waals surface area contributed by atoms with Crippen molar-refractivity contribution in [3.63, 3.8) is 0 Å². The summed E-state index contributed by atoms with van der Waals surface area (Å²) in [6.07, 6.45) is 0.0290. The number of fused-ring (bicyclic) bond motifs is 1. The molecule has 0 radical (unpaired) electrons. The summed E-state index contributed by atoms with van der Waals surface area (Å²) in [6, 6.07) is 15.0. The molecule has 1 atom stereocenters. The van der Waals surface area contributed by atoms with Crippen LogP contribution in [0.2, 0.25) is 0 Å². The van der Waals surface area contributed by atoms with Crippen LogP contribution in [-0.4, -0.2) is 21.6 Å². The lowest BCUT2D eigenvalue weighted by molar-refractivity contribution is -0.123. The second-order valence-corrected chi connectivity index (χ2v) is 7.25. The van der Waals surface area contributed by atoms with Gasteiger partial charge in [0.15, 0.2) is 0 Å². The number of nitrogens with zero attached hydrogens (tertiary/aromatic N) is 2. The second-order valence-electron chi connectivity index (χ2n) is 7.25. The highest BCUT2D eigenvalue weighted by Crippen LogP contribution is 2.38. The molecule has 2 heterocycles. The molecule has 3 aromatic rings. The Hall–Kier alpha value is -3.41. The summed E-state index contributed by atoms with van der Waals surface area (Å²) in [7, 11) is 0. The van der Waals surface area contributed by atoms with Gasteiger partial charge in [0.2, 0.25) is 5.91 Å². The Morgan fingerprint density at radius 1 is 1.11 bits per heavy atom. The zero-order chi connectivity index (χ0) is 19.8. The van der Waals surface area contributed by atoms with Gasteiger partial charge < -0.3 is 10.6 Å². The first-order chi connectivity index (χ1) is 13.4. The minimum atomic E-state index is -0.655. The molecule has 2 N–H and O–H groups in total. The predicted octanol–water partition coefficient (Wildman–Crippen LogP) is 4.00. The molecule has 1 aliphatic rings. The Kier molecular flexibility index (Phi) is 4.47. The maximum atomic E-state index is 12.5. The number of hydrogen-bond acceptors (Lipinski definition) is 3. The summed E-state index contributed by atoms with van der Waals surface area (Å²) in [5, 5.41) is 10.3. The molecule has 4 rings (SSSR count). The van der Waals surface area contributed by atoms with Gasteiger partial charge in [-0.25, -0.2) is 4.68 Å². The summed E-state index contributed by atoms with van der Waals surface area (Å²) < 4.78 is 1.64. The number of carbonyl (C=O) groups is 2. The highest BCUT2D eigenvalue weighted by Gasteiger charge is 2.36. The first-order valence-corrected chi connectivity index (χ1v) is 9.26. The van der Waals surface area contributed by atoms with Crippen LogP contribution in [0.5, 0.6) is 0 Å². The fourth-order valence-corrected chi connectivity index (χ4v) is 3.56. The van der Waals surface area contributed by atoms with E-state index in [1.165, 1.54) is 5.56 Å². The molecule has 1 aliphatic heterocycles. The molecule has 0 aliphatic carbocycles. The lowest BCUT2D eigenvalue weighted by Gasteiger charge is -2.10. The van der Waals surface area contributed by atoms with E-state index in [4.69, 9.17) is 0 Å². The summed E-state index contributed by atoms with van der Waals surface area (Å²) >= 11 is 0. The average Bonchev–Trinajstić information content (AvgIpc) is 3.10. The van der Waals surface area contributed by atoms with Crippen LogP contribution in [0.3, 0.4) is 0 Å². The second kappa shape index (κ2) is 6.96. The molecule has 0 spiro atoms. The quantitative estimate of drug-likeness (QED) is 0.725. The minimum absolute atomic E-state index is 0.0290. The number of hydrogen-bond donors (Lipinski definition) is 2. The predicted molar refractivity (Wildman–Crippen MR) is 109 cm³/mol. The maximum Gasteiger partial charge on any atom is 0.251 e. The van der Waals surface area contributed by atoms with Crippen molar-refractivity contribution in [2.75, 3.05) is 10.6 Å². The smallest absolute Gasteiger partial charge is 0.251 e. The lowest BCUT2D eigenvalue weighted by Crippen LogP contribution is -2.23. The number of carbonyl (C=O) groups excluding carboxylic acids is 2. The molecule has 0 bridgehead atoms. The molecule has 2 aromatic carbocycles. The van der Waals surface area contributed by atoms with Crippen LogP contribution < -0.4 is 10.6 Å². The number of aromatic nitrogens is 2. The first-order valence-electron chi connectivity index (χ1n) is 9.26. The van der Waals surface area contributed by atoms with Crippen LogP contribution in [0.25, 0.3) is 11.1 Å². The number of nitrogens with one attached hydrogen (secondary N) is 2. The highest BCUT2D eigenvalue weighted by molar-refractivity contribution is 6.04. The molecule has 2 amide bonds. The molecular weight excluding hydrogens is 352 g/mol. The molecule has 6 nitrogen and oxygen atoms in total. The van der Waals surface area contributed by atoms with Crippen molar-refractivity contribution in [1.82, 2.24) is 9.78 Å². The van der Waals surface area contributed by atoms with Gasteiger partial charge in [-0.05, 0) is 44.0 Å². The SMILES string of the molecule is Cc1ccc(-c2c(C)nn3c2NC(=O)C3CC(=O)Nc2cccc(C)c2)cc1. The van der Waals surface area contributed by atoms with Crippen molar-refractivity contribution in [1.29, 1.82) is 0 Å².